The zero-order valence-corrected chi connectivity index (χ0v) is 17.2. The topological polar surface area (TPSA) is 0 Å². The molecule has 7 atom stereocenters. The van der Waals surface area contributed by atoms with Crippen molar-refractivity contribution in [2.45, 2.75) is 111 Å². The van der Waals surface area contributed by atoms with Crippen LogP contribution in [0, 0.1) is 40.9 Å². The van der Waals surface area contributed by atoms with Crippen LogP contribution in [-0.4, -0.2) is 0 Å². The lowest BCUT2D eigenvalue weighted by molar-refractivity contribution is -0.0267. The maximum absolute atomic E-state index is 2.72. The van der Waals surface area contributed by atoms with Crippen molar-refractivity contribution in [1.29, 1.82) is 0 Å². The highest BCUT2D eigenvalue weighted by Crippen LogP contribution is 2.63. The number of fused-ring (bicyclic) bond motifs is 3. The van der Waals surface area contributed by atoms with Crippen molar-refractivity contribution in [3.63, 3.8) is 0 Å². The Morgan fingerprint density at radius 3 is 2.33 bits per heavy atom. The second-order valence-corrected chi connectivity index (χ2v) is 10.3. The molecule has 0 amide bonds. The monoisotopic (exact) mass is 332 g/mol. The molecule has 3 aliphatic carbocycles. The van der Waals surface area contributed by atoms with Crippen molar-refractivity contribution in [2.75, 3.05) is 0 Å². The van der Waals surface area contributed by atoms with Crippen molar-refractivity contribution in [3.05, 3.63) is 0 Å². The van der Waals surface area contributed by atoms with E-state index < -0.39 is 0 Å². The van der Waals surface area contributed by atoms with Crippen molar-refractivity contribution in [1.82, 2.24) is 0 Å². The standard InChI is InChI=1S/C24H44/c1-5-11-19(3)22-14-15-23-21-13-10-8-6-7-9-12-18(2)20(21)16-17-24(22,23)4/h18-23H,5-17H2,1-4H3. The van der Waals surface area contributed by atoms with Gasteiger partial charge in [0, 0.05) is 0 Å². The van der Waals surface area contributed by atoms with Gasteiger partial charge in [-0.3, -0.25) is 0 Å². The van der Waals surface area contributed by atoms with Gasteiger partial charge in [0.15, 0.2) is 0 Å². The Balaban J connectivity index is 1.77. The van der Waals surface area contributed by atoms with Crippen molar-refractivity contribution >= 4 is 0 Å². The van der Waals surface area contributed by atoms with Gasteiger partial charge in [0.25, 0.3) is 0 Å². The van der Waals surface area contributed by atoms with Gasteiger partial charge in [-0.05, 0) is 73.0 Å². The zero-order valence-electron chi connectivity index (χ0n) is 17.2. The van der Waals surface area contributed by atoms with Crippen molar-refractivity contribution < 1.29 is 0 Å². The summed E-state index contributed by atoms with van der Waals surface area (Å²) >= 11 is 0. The molecule has 0 aromatic carbocycles. The van der Waals surface area contributed by atoms with E-state index in [0.29, 0.717) is 5.41 Å². The molecule has 140 valence electrons. The maximum Gasteiger partial charge on any atom is -0.0264 e. The van der Waals surface area contributed by atoms with Crippen molar-refractivity contribution in [2.24, 2.45) is 40.9 Å². The molecule has 3 fully saturated rings. The Bertz CT molecular complexity index is 385. The minimum Gasteiger partial charge on any atom is -0.0654 e. The third kappa shape index (κ3) is 3.59. The summed E-state index contributed by atoms with van der Waals surface area (Å²) in [5.74, 6) is 6.15. The molecule has 3 saturated carbocycles. The smallest absolute Gasteiger partial charge is 0.0264 e. The number of hydrogen-bond donors (Lipinski definition) is 0. The van der Waals surface area contributed by atoms with E-state index in [4.69, 9.17) is 0 Å². The quantitative estimate of drug-likeness (QED) is 0.493. The van der Waals surface area contributed by atoms with Crippen LogP contribution in [0.25, 0.3) is 0 Å². The summed E-state index contributed by atoms with van der Waals surface area (Å²) < 4.78 is 0. The largest absolute Gasteiger partial charge is 0.0654 e. The predicted molar refractivity (Wildman–Crippen MR) is 106 cm³/mol. The minimum atomic E-state index is 0.680. The van der Waals surface area contributed by atoms with Crippen molar-refractivity contribution in [3.8, 4) is 0 Å². The first-order valence-corrected chi connectivity index (χ1v) is 11.6. The number of rotatable bonds is 3. The molecule has 3 rings (SSSR count). The van der Waals surface area contributed by atoms with Gasteiger partial charge in [-0.1, -0.05) is 79.1 Å². The van der Waals surface area contributed by atoms with E-state index in [2.05, 4.69) is 27.7 Å². The van der Waals surface area contributed by atoms with Crippen LogP contribution < -0.4 is 0 Å². The predicted octanol–water partition coefficient (Wildman–Crippen LogP) is 7.86. The first-order chi connectivity index (χ1) is 11.6. The molecule has 3 aliphatic rings. The van der Waals surface area contributed by atoms with E-state index >= 15 is 0 Å². The van der Waals surface area contributed by atoms with E-state index in [-0.39, 0.29) is 0 Å². The lowest BCUT2D eigenvalue weighted by Crippen LogP contribution is -2.44. The lowest BCUT2D eigenvalue weighted by atomic mass is 9.53. The molecular formula is C24H44. The molecule has 0 nitrogen and oxygen atoms in total. The summed E-state index contributed by atoms with van der Waals surface area (Å²) in [5.41, 5.74) is 0.680. The van der Waals surface area contributed by atoms with Gasteiger partial charge >= 0.3 is 0 Å². The fraction of sp³-hybridized carbons (Fsp3) is 1.00. The lowest BCUT2D eigenvalue weighted by Gasteiger charge is -2.52. The average molecular weight is 333 g/mol. The minimum absolute atomic E-state index is 0.680. The second-order valence-electron chi connectivity index (χ2n) is 10.3. The van der Waals surface area contributed by atoms with Gasteiger partial charge in [0.05, 0.1) is 0 Å². The molecule has 0 aromatic heterocycles. The molecule has 0 bridgehead atoms. The van der Waals surface area contributed by atoms with Crippen LogP contribution in [-0.2, 0) is 0 Å². The molecule has 24 heavy (non-hydrogen) atoms. The summed E-state index contributed by atoms with van der Waals surface area (Å²) in [7, 11) is 0. The Morgan fingerprint density at radius 1 is 0.875 bits per heavy atom. The van der Waals surface area contributed by atoms with E-state index in [1.54, 1.807) is 32.1 Å². The highest BCUT2D eigenvalue weighted by molar-refractivity contribution is 5.04. The molecule has 0 N–H and O–H groups in total. The molecule has 0 spiro atoms. The van der Waals surface area contributed by atoms with Crippen LogP contribution in [0.5, 0.6) is 0 Å². The van der Waals surface area contributed by atoms with Crippen LogP contribution in [0.4, 0.5) is 0 Å². The third-order valence-corrected chi connectivity index (χ3v) is 8.92. The molecule has 0 aromatic rings. The molecular weight excluding hydrogens is 288 g/mol. The molecule has 0 saturated heterocycles. The summed E-state index contributed by atoms with van der Waals surface area (Å²) in [4.78, 5) is 0. The van der Waals surface area contributed by atoms with Crippen LogP contribution in [0.2, 0.25) is 0 Å². The normalized spacial score (nSPS) is 45.2. The molecule has 0 radical (unpaired) electrons. The first-order valence-electron chi connectivity index (χ1n) is 11.6. The van der Waals surface area contributed by atoms with E-state index in [0.717, 1.165) is 35.5 Å². The van der Waals surface area contributed by atoms with Gasteiger partial charge in [-0.2, -0.15) is 0 Å². The van der Waals surface area contributed by atoms with Crippen LogP contribution in [0.1, 0.15) is 111 Å². The fourth-order valence-corrected chi connectivity index (χ4v) is 7.66. The molecule has 0 heterocycles. The molecule has 7 unspecified atom stereocenters. The highest BCUT2D eigenvalue weighted by Gasteiger charge is 2.54. The average Bonchev–Trinajstić information content (AvgIpc) is 2.91. The summed E-state index contributed by atoms with van der Waals surface area (Å²) in [5, 5.41) is 0. The Kier molecular flexibility index (Phi) is 6.36. The van der Waals surface area contributed by atoms with Crippen LogP contribution in [0.3, 0.4) is 0 Å². The number of hydrogen-bond acceptors (Lipinski definition) is 0. The van der Waals surface area contributed by atoms with Crippen LogP contribution in [0.15, 0.2) is 0 Å². The van der Waals surface area contributed by atoms with E-state index in [1.807, 2.05) is 0 Å². The third-order valence-electron chi connectivity index (χ3n) is 8.92. The zero-order chi connectivity index (χ0) is 17.2. The molecule has 0 heteroatoms. The van der Waals surface area contributed by atoms with E-state index in [9.17, 15) is 0 Å². The first kappa shape index (κ1) is 18.8. The van der Waals surface area contributed by atoms with Gasteiger partial charge in [0.2, 0.25) is 0 Å². The molecule has 0 aliphatic heterocycles. The van der Waals surface area contributed by atoms with Gasteiger partial charge in [0.1, 0.15) is 0 Å². The van der Waals surface area contributed by atoms with Gasteiger partial charge < -0.3 is 0 Å². The second kappa shape index (κ2) is 8.13. The Labute approximate surface area is 152 Å². The SMILES string of the molecule is CCCC(C)C1CCC2C3CCCCCCCC(C)C3CCC12C. The maximum atomic E-state index is 2.72. The van der Waals surface area contributed by atoms with E-state index in [1.165, 1.54) is 51.4 Å². The van der Waals surface area contributed by atoms with Gasteiger partial charge in [-0.25, -0.2) is 0 Å². The summed E-state index contributed by atoms with van der Waals surface area (Å²) in [6.07, 6.45) is 19.6. The Morgan fingerprint density at radius 2 is 1.58 bits per heavy atom. The Hall–Kier alpha value is 0. The fourth-order valence-electron chi connectivity index (χ4n) is 7.66. The summed E-state index contributed by atoms with van der Waals surface area (Å²) in [6.45, 7) is 10.3. The summed E-state index contributed by atoms with van der Waals surface area (Å²) in [6, 6.07) is 0. The van der Waals surface area contributed by atoms with Crippen LogP contribution >= 0.6 is 0 Å². The highest BCUT2D eigenvalue weighted by atomic mass is 14.6. The van der Waals surface area contributed by atoms with Gasteiger partial charge in [-0.15, -0.1) is 0 Å².